The average Bonchev–Trinajstić information content (AvgIpc) is 3.30. The second kappa shape index (κ2) is 7.89. The van der Waals surface area contributed by atoms with Crippen molar-refractivity contribution in [2.45, 2.75) is 32.4 Å². The Labute approximate surface area is 190 Å². The van der Waals surface area contributed by atoms with Crippen molar-refractivity contribution in [1.82, 2.24) is 0 Å². The van der Waals surface area contributed by atoms with Crippen molar-refractivity contribution in [2.75, 3.05) is 4.90 Å². The largest absolute Gasteiger partial charge is 0.507 e. The number of rotatable bonds is 3. The van der Waals surface area contributed by atoms with Crippen LogP contribution in [0.4, 0.5) is 10.1 Å². The first-order valence-corrected chi connectivity index (χ1v) is 10.8. The van der Waals surface area contributed by atoms with Crippen LogP contribution in [0.2, 0.25) is 0 Å². The third-order valence-electron chi connectivity index (χ3n) is 6.13. The maximum Gasteiger partial charge on any atom is 0.300 e. The molecule has 1 N–H and O–H groups in total. The van der Waals surface area contributed by atoms with Crippen LogP contribution in [0.1, 0.15) is 35.2 Å². The van der Waals surface area contributed by atoms with Crippen LogP contribution >= 0.6 is 0 Å². The smallest absolute Gasteiger partial charge is 0.300 e. The molecule has 2 atom stereocenters. The third-order valence-corrected chi connectivity index (χ3v) is 6.13. The van der Waals surface area contributed by atoms with Crippen LogP contribution in [0.15, 0.2) is 72.3 Å². The van der Waals surface area contributed by atoms with Gasteiger partial charge in [0.05, 0.1) is 11.6 Å². The molecule has 2 heterocycles. The van der Waals surface area contributed by atoms with E-state index in [0.29, 0.717) is 17.7 Å². The standard InChI is InChI=1S/C27H22FNO4/c1-15-7-10-19(11-8-15)29-24(20-5-3-4-6-21(20)28)23(26(31)27(29)32)25(30)17-9-12-22-18(14-17)13-16(2)33-22/h3-12,14,16,24,30H,13H2,1-2H3/b25-23+. The van der Waals surface area contributed by atoms with Crippen molar-refractivity contribution < 1.29 is 23.8 Å². The highest BCUT2D eigenvalue weighted by Crippen LogP contribution is 2.43. The molecule has 33 heavy (non-hydrogen) atoms. The first-order chi connectivity index (χ1) is 15.8. The number of aliphatic hydroxyl groups excluding tert-OH is 1. The summed E-state index contributed by atoms with van der Waals surface area (Å²) in [4.78, 5) is 27.6. The molecular weight excluding hydrogens is 421 g/mol. The van der Waals surface area contributed by atoms with E-state index in [4.69, 9.17) is 4.74 Å². The minimum absolute atomic E-state index is 0.0166. The lowest BCUT2D eigenvalue weighted by molar-refractivity contribution is -0.132. The third kappa shape index (κ3) is 3.48. The van der Waals surface area contributed by atoms with E-state index in [1.54, 1.807) is 42.5 Å². The Kier molecular flexibility index (Phi) is 5.01. The van der Waals surface area contributed by atoms with Crippen molar-refractivity contribution in [2.24, 2.45) is 0 Å². The number of anilines is 1. The molecule has 1 saturated heterocycles. The topological polar surface area (TPSA) is 66.8 Å². The molecule has 0 aromatic heterocycles. The Morgan fingerprint density at radius 1 is 1.06 bits per heavy atom. The highest BCUT2D eigenvalue weighted by Gasteiger charge is 2.47. The van der Waals surface area contributed by atoms with Gasteiger partial charge in [-0.1, -0.05) is 35.9 Å². The van der Waals surface area contributed by atoms with Crippen molar-refractivity contribution in [1.29, 1.82) is 0 Å². The minimum atomic E-state index is -1.10. The van der Waals surface area contributed by atoms with Gasteiger partial charge < -0.3 is 9.84 Å². The zero-order valence-corrected chi connectivity index (χ0v) is 18.2. The number of fused-ring (bicyclic) bond motifs is 1. The molecule has 3 aromatic rings. The SMILES string of the molecule is Cc1ccc(N2C(=O)C(=O)/C(=C(/O)c3ccc4c(c3)CC(C)O4)C2c2ccccc2F)cc1. The van der Waals surface area contributed by atoms with Crippen LogP contribution in [0, 0.1) is 12.7 Å². The van der Waals surface area contributed by atoms with Gasteiger partial charge in [0, 0.05) is 23.2 Å². The Balaban J connectivity index is 1.70. The number of halogens is 1. The van der Waals surface area contributed by atoms with Gasteiger partial charge in [-0.05, 0) is 55.8 Å². The van der Waals surface area contributed by atoms with Crippen molar-refractivity contribution in [3.05, 3.63) is 100 Å². The predicted molar refractivity (Wildman–Crippen MR) is 123 cm³/mol. The van der Waals surface area contributed by atoms with E-state index in [0.717, 1.165) is 16.9 Å². The lowest BCUT2D eigenvalue weighted by Crippen LogP contribution is -2.29. The van der Waals surface area contributed by atoms with Crippen LogP contribution in [-0.4, -0.2) is 22.9 Å². The molecule has 5 rings (SSSR count). The summed E-state index contributed by atoms with van der Waals surface area (Å²) in [5.74, 6) is -1.84. The fourth-order valence-corrected chi connectivity index (χ4v) is 4.52. The molecule has 2 aliphatic rings. The quantitative estimate of drug-likeness (QED) is 0.348. The lowest BCUT2D eigenvalue weighted by atomic mass is 9.94. The summed E-state index contributed by atoms with van der Waals surface area (Å²) in [6, 6.07) is 17.1. The van der Waals surface area contributed by atoms with E-state index in [9.17, 15) is 19.1 Å². The fourth-order valence-electron chi connectivity index (χ4n) is 4.52. The molecule has 0 spiro atoms. The molecule has 166 valence electrons. The van der Waals surface area contributed by atoms with Crippen LogP contribution in [0.25, 0.3) is 5.76 Å². The maximum atomic E-state index is 14.9. The van der Waals surface area contributed by atoms with Gasteiger partial charge in [-0.25, -0.2) is 4.39 Å². The van der Waals surface area contributed by atoms with E-state index in [2.05, 4.69) is 0 Å². The molecule has 5 nitrogen and oxygen atoms in total. The molecule has 0 bridgehead atoms. The van der Waals surface area contributed by atoms with E-state index < -0.39 is 23.5 Å². The highest BCUT2D eigenvalue weighted by molar-refractivity contribution is 6.51. The van der Waals surface area contributed by atoms with Crippen molar-refractivity contribution in [3.63, 3.8) is 0 Å². The summed E-state index contributed by atoms with van der Waals surface area (Å²) in [6.45, 7) is 3.86. The van der Waals surface area contributed by atoms with E-state index >= 15 is 0 Å². The van der Waals surface area contributed by atoms with Crippen molar-refractivity contribution >= 4 is 23.1 Å². The maximum absolute atomic E-state index is 14.9. The number of carbonyl (C=O) groups is 2. The molecule has 3 aromatic carbocycles. The molecule has 0 aliphatic carbocycles. The number of aryl methyl sites for hydroxylation is 1. The fraction of sp³-hybridized carbons (Fsp3) is 0.185. The normalized spacial score (nSPS) is 21.2. The van der Waals surface area contributed by atoms with Gasteiger partial charge in [-0.15, -0.1) is 0 Å². The monoisotopic (exact) mass is 443 g/mol. The number of hydrogen-bond acceptors (Lipinski definition) is 4. The number of benzene rings is 3. The van der Waals surface area contributed by atoms with Gasteiger partial charge in [0.2, 0.25) is 0 Å². The van der Waals surface area contributed by atoms with Crippen LogP contribution in [-0.2, 0) is 16.0 Å². The number of nitrogens with zero attached hydrogens (tertiary/aromatic N) is 1. The Bertz CT molecular complexity index is 1310. The van der Waals surface area contributed by atoms with Crippen LogP contribution < -0.4 is 9.64 Å². The number of aliphatic hydroxyl groups is 1. The minimum Gasteiger partial charge on any atom is -0.507 e. The average molecular weight is 443 g/mol. The second-order valence-electron chi connectivity index (χ2n) is 8.48. The Hall–Kier alpha value is -3.93. The zero-order valence-electron chi connectivity index (χ0n) is 18.2. The first-order valence-electron chi connectivity index (χ1n) is 10.8. The molecule has 2 aliphatic heterocycles. The number of carbonyl (C=O) groups excluding carboxylic acids is 2. The molecular formula is C27H22FNO4. The molecule has 1 amide bonds. The van der Waals surface area contributed by atoms with Gasteiger partial charge in [0.25, 0.3) is 11.7 Å². The molecule has 0 saturated carbocycles. The number of amides is 1. The molecule has 1 fully saturated rings. The first kappa shape index (κ1) is 20.9. The van der Waals surface area contributed by atoms with Gasteiger partial charge in [0.1, 0.15) is 23.4 Å². The summed E-state index contributed by atoms with van der Waals surface area (Å²) >= 11 is 0. The van der Waals surface area contributed by atoms with E-state index in [1.807, 2.05) is 26.0 Å². The van der Waals surface area contributed by atoms with Crippen molar-refractivity contribution in [3.8, 4) is 5.75 Å². The van der Waals surface area contributed by atoms with Gasteiger partial charge in [-0.2, -0.15) is 0 Å². The van der Waals surface area contributed by atoms with Gasteiger partial charge in [0.15, 0.2) is 0 Å². The number of hydrogen-bond donors (Lipinski definition) is 1. The summed E-state index contributed by atoms with van der Waals surface area (Å²) in [7, 11) is 0. The Morgan fingerprint density at radius 3 is 2.52 bits per heavy atom. The highest BCUT2D eigenvalue weighted by atomic mass is 19.1. The van der Waals surface area contributed by atoms with E-state index in [1.165, 1.54) is 17.0 Å². The molecule has 6 heteroatoms. The Morgan fingerprint density at radius 2 is 1.79 bits per heavy atom. The summed E-state index contributed by atoms with van der Waals surface area (Å²) in [6.07, 6.45) is 0.688. The predicted octanol–water partition coefficient (Wildman–Crippen LogP) is 5.08. The summed E-state index contributed by atoms with van der Waals surface area (Å²) < 4.78 is 20.7. The molecule has 2 unspecified atom stereocenters. The number of Topliss-reactive ketones (excluding diaryl/α,β-unsaturated/α-hetero) is 1. The van der Waals surface area contributed by atoms with Gasteiger partial charge >= 0.3 is 0 Å². The number of ether oxygens (including phenoxy) is 1. The lowest BCUT2D eigenvalue weighted by Gasteiger charge is -2.26. The number of ketones is 1. The van der Waals surface area contributed by atoms with E-state index in [-0.39, 0.29) is 23.0 Å². The molecule has 0 radical (unpaired) electrons. The second-order valence-corrected chi connectivity index (χ2v) is 8.48. The van der Waals surface area contributed by atoms with Gasteiger partial charge in [-0.3, -0.25) is 14.5 Å². The van der Waals surface area contributed by atoms with Crippen LogP contribution in [0.5, 0.6) is 5.75 Å². The summed E-state index contributed by atoms with van der Waals surface area (Å²) in [5, 5.41) is 11.3. The zero-order chi connectivity index (χ0) is 23.3. The van der Waals surface area contributed by atoms with Crippen LogP contribution in [0.3, 0.4) is 0 Å². The summed E-state index contributed by atoms with van der Waals surface area (Å²) in [5.41, 5.74) is 2.71.